The van der Waals surface area contributed by atoms with Crippen molar-refractivity contribution in [2.75, 3.05) is 0 Å². The standard InChI is InChI=1S/C5H12Cl4Si2/c1-10(6,7)4-3-5-11(2,8)9/h3-5H2,1-2H3. The molecule has 11 heavy (non-hydrogen) atoms. The van der Waals surface area contributed by atoms with Crippen molar-refractivity contribution in [1.29, 1.82) is 0 Å². The molecule has 0 atom stereocenters. The van der Waals surface area contributed by atoms with Crippen molar-refractivity contribution < 1.29 is 0 Å². The molecule has 0 aliphatic rings. The maximum atomic E-state index is 5.90. The number of hydrogen-bond donors (Lipinski definition) is 0. The Morgan fingerprint density at radius 3 is 1.27 bits per heavy atom. The van der Waals surface area contributed by atoms with Crippen LogP contribution in [0, 0.1) is 0 Å². The van der Waals surface area contributed by atoms with Gasteiger partial charge in [-0.15, -0.1) is 44.3 Å². The largest absolute Gasteiger partial charge is 0.248 e. The second kappa shape index (κ2) is 4.73. The van der Waals surface area contributed by atoms with E-state index in [4.69, 9.17) is 44.3 Å². The first-order valence-electron chi connectivity index (χ1n) is 3.46. The summed E-state index contributed by atoms with van der Waals surface area (Å²) >= 11 is 23.6. The van der Waals surface area contributed by atoms with E-state index in [1.165, 1.54) is 0 Å². The minimum atomic E-state index is -1.91. The molecule has 0 saturated heterocycles. The Balaban J connectivity index is 3.44. The van der Waals surface area contributed by atoms with Crippen molar-refractivity contribution in [3.63, 3.8) is 0 Å². The second-order valence-corrected chi connectivity index (χ2v) is 19.4. The molecule has 0 aliphatic carbocycles. The third-order valence-corrected chi connectivity index (χ3v) is 5.96. The van der Waals surface area contributed by atoms with E-state index in [-0.39, 0.29) is 0 Å². The van der Waals surface area contributed by atoms with E-state index >= 15 is 0 Å². The van der Waals surface area contributed by atoms with Crippen LogP contribution in [0.25, 0.3) is 0 Å². The Hall–Kier alpha value is 1.59. The normalized spacial score (nSPS) is 13.6. The summed E-state index contributed by atoms with van der Waals surface area (Å²) in [6, 6.07) is 1.77. The first kappa shape index (κ1) is 12.6. The van der Waals surface area contributed by atoms with Crippen LogP contribution in [-0.4, -0.2) is 13.4 Å². The summed E-state index contributed by atoms with van der Waals surface area (Å²) in [5.41, 5.74) is 0. The number of rotatable bonds is 4. The Morgan fingerprint density at radius 2 is 1.09 bits per heavy atom. The molecule has 0 bridgehead atoms. The van der Waals surface area contributed by atoms with Gasteiger partial charge >= 0.3 is 0 Å². The molecule has 0 spiro atoms. The van der Waals surface area contributed by atoms with Crippen LogP contribution in [0.5, 0.6) is 0 Å². The molecule has 0 unspecified atom stereocenters. The summed E-state index contributed by atoms with van der Waals surface area (Å²) in [5, 5.41) is 0. The summed E-state index contributed by atoms with van der Waals surface area (Å²) in [6.07, 6.45) is 0.964. The van der Waals surface area contributed by atoms with Gasteiger partial charge in [-0.05, 0) is 25.2 Å². The van der Waals surface area contributed by atoms with E-state index in [1.54, 1.807) is 0 Å². The zero-order valence-corrected chi connectivity index (χ0v) is 11.7. The van der Waals surface area contributed by atoms with Gasteiger partial charge in [0.15, 0.2) is 0 Å². The second-order valence-electron chi connectivity index (χ2n) is 2.99. The van der Waals surface area contributed by atoms with Crippen LogP contribution in [0.1, 0.15) is 6.42 Å². The average Bonchev–Trinajstić information content (AvgIpc) is 1.55. The molecule has 0 fully saturated rings. The highest BCUT2D eigenvalue weighted by Crippen LogP contribution is 2.28. The molecular weight excluding hydrogens is 258 g/mol. The topological polar surface area (TPSA) is 0 Å². The lowest BCUT2D eigenvalue weighted by Gasteiger charge is -2.12. The van der Waals surface area contributed by atoms with E-state index in [0.717, 1.165) is 18.5 Å². The summed E-state index contributed by atoms with van der Waals surface area (Å²) in [7, 11) is 0. The fourth-order valence-electron chi connectivity index (χ4n) is 0.709. The molecular formula is C5H12Cl4Si2. The Morgan fingerprint density at radius 1 is 0.818 bits per heavy atom. The molecule has 0 heterocycles. The van der Waals surface area contributed by atoms with Gasteiger partial charge in [-0.25, -0.2) is 0 Å². The minimum Gasteiger partial charge on any atom is -0.146 e. The van der Waals surface area contributed by atoms with E-state index in [9.17, 15) is 0 Å². The smallest absolute Gasteiger partial charge is 0.146 e. The summed E-state index contributed by atoms with van der Waals surface area (Å²) in [5.74, 6) is 0. The van der Waals surface area contributed by atoms with Gasteiger partial charge in [0.25, 0.3) is 0 Å². The third-order valence-electron chi connectivity index (χ3n) is 1.23. The monoisotopic (exact) mass is 268 g/mol. The van der Waals surface area contributed by atoms with Crippen molar-refractivity contribution in [3.05, 3.63) is 0 Å². The highest BCUT2D eigenvalue weighted by molar-refractivity contribution is 7.45. The van der Waals surface area contributed by atoms with Gasteiger partial charge in [-0.3, -0.25) is 0 Å². The first-order valence-corrected chi connectivity index (χ1v) is 12.9. The Labute approximate surface area is 89.0 Å². The van der Waals surface area contributed by atoms with E-state index in [2.05, 4.69) is 0 Å². The van der Waals surface area contributed by atoms with Crippen LogP contribution in [0.4, 0.5) is 0 Å². The van der Waals surface area contributed by atoms with E-state index in [1.807, 2.05) is 13.1 Å². The van der Waals surface area contributed by atoms with Crippen LogP contribution >= 0.6 is 44.3 Å². The van der Waals surface area contributed by atoms with Crippen molar-refractivity contribution in [2.45, 2.75) is 31.6 Å². The molecule has 0 aromatic heterocycles. The van der Waals surface area contributed by atoms with Gasteiger partial charge in [0, 0.05) is 0 Å². The van der Waals surface area contributed by atoms with Gasteiger partial charge in [-0.1, -0.05) is 6.42 Å². The van der Waals surface area contributed by atoms with E-state index in [0.29, 0.717) is 0 Å². The Bertz CT molecular complexity index is 101. The van der Waals surface area contributed by atoms with Crippen molar-refractivity contribution in [1.82, 2.24) is 0 Å². The molecule has 0 radical (unpaired) electrons. The van der Waals surface area contributed by atoms with Gasteiger partial charge in [-0.2, -0.15) is 0 Å². The zero-order chi connectivity index (χ0) is 9.12. The molecule has 0 amide bonds. The fourth-order valence-corrected chi connectivity index (χ4v) is 4.26. The fraction of sp³-hybridized carbons (Fsp3) is 1.00. The third kappa shape index (κ3) is 11.6. The molecule has 0 aromatic rings. The molecule has 0 saturated carbocycles. The predicted octanol–water partition coefficient (Wildman–Crippen LogP) is 4.48. The number of halogens is 4. The lowest BCUT2D eigenvalue weighted by atomic mass is 10.6. The first-order chi connectivity index (χ1) is 4.71. The van der Waals surface area contributed by atoms with Gasteiger partial charge < -0.3 is 0 Å². The highest BCUT2D eigenvalue weighted by atomic mass is 35.7. The van der Waals surface area contributed by atoms with Crippen molar-refractivity contribution in [2.24, 2.45) is 0 Å². The van der Waals surface area contributed by atoms with Crippen LogP contribution in [0.3, 0.4) is 0 Å². The van der Waals surface area contributed by atoms with Crippen LogP contribution in [0.2, 0.25) is 25.2 Å². The van der Waals surface area contributed by atoms with Crippen molar-refractivity contribution in [3.8, 4) is 0 Å². The molecule has 0 aliphatic heterocycles. The molecule has 0 rings (SSSR count). The van der Waals surface area contributed by atoms with Crippen LogP contribution in [-0.2, 0) is 0 Å². The van der Waals surface area contributed by atoms with Crippen LogP contribution < -0.4 is 0 Å². The quantitative estimate of drug-likeness (QED) is 0.522. The maximum absolute atomic E-state index is 5.90. The van der Waals surface area contributed by atoms with Gasteiger partial charge in [0.05, 0.1) is 0 Å². The number of hydrogen-bond acceptors (Lipinski definition) is 0. The summed E-state index contributed by atoms with van der Waals surface area (Å²) in [6.45, 7) is 0.0131. The van der Waals surface area contributed by atoms with Gasteiger partial charge in [0.1, 0.15) is 0 Å². The van der Waals surface area contributed by atoms with E-state index < -0.39 is 13.4 Å². The lowest BCUT2D eigenvalue weighted by molar-refractivity contribution is 1.05. The summed E-state index contributed by atoms with van der Waals surface area (Å²) in [4.78, 5) is 0. The maximum Gasteiger partial charge on any atom is 0.248 e. The summed E-state index contributed by atoms with van der Waals surface area (Å²) < 4.78 is 0. The lowest BCUT2D eigenvalue weighted by Crippen LogP contribution is -2.16. The Kier molecular flexibility index (Phi) is 5.41. The average molecular weight is 270 g/mol. The highest BCUT2D eigenvalue weighted by Gasteiger charge is 2.25. The predicted molar refractivity (Wildman–Crippen MR) is 60.9 cm³/mol. The van der Waals surface area contributed by atoms with Gasteiger partial charge in [0.2, 0.25) is 13.4 Å². The molecule has 0 N–H and O–H groups in total. The van der Waals surface area contributed by atoms with Crippen molar-refractivity contribution >= 4 is 57.7 Å². The molecule has 68 valence electrons. The molecule has 0 nitrogen and oxygen atoms in total. The SMILES string of the molecule is C[Si](Cl)(Cl)CCC[Si](C)(Cl)Cl. The molecule has 0 aromatic carbocycles. The zero-order valence-electron chi connectivity index (χ0n) is 6.63. The molecule has 6 heteroatoms. The van der Waals surface area contributed by atoms with Crippen LogP contribution in [0.15, 0.2) is 0 Å². The minimum absolute atomic E-state index is 0.887.